The first-order chi connectivity index (χ1) is 9.72. The number of hydrogen-bond acceptors (Lipinski definition) is 2. The highest BCUT2D eigenvalue weighted by atomic mass is 35.5. The average Bonchev–Trinajstić information content (AvgIpc) is 2.59. The zero-order valence-electron chi connectivity index (χ0n) is 11.6. The maximum Gasteiger partial charge on any atom is 0.137 e. The molecule has 0 aliphatic carbocycles. The van der Waals surface area contributed by atoms with E-state index in [1.165, 1.54) is 11.1 Å². The van der Waals surface area contributed by atoms with Gasteiger partial charge in [-0.25, -0.2) is 0 Å². The molecule has 1 atom stereocenters. The molecule has 0 amide bonds. The molecule has 1 aliphatic heterocycles. The lowest BCUT2D eigenvalue weighted by molar-refractivity contribution is 0.156. The molecule has 2 aromatic rings. The van der Waals surface area contributed by atoms with Crippen molar-refractivity contribution in [2.45, 2.75) is 12.5 Å². The number of fused-ring (bicyclic) bond motifs is 1. The van der Waals surface area contributed by atoms with E-state index in [-0.39, 0.29) is 6.10 Å². The summed E-state index contributed by atoms with van der Waals surface area (Å²) in [6, 6.07) is 16.2. The molecule has 1 aliphatic rings. The molecule has 0 fully saturated rings. The topological polar surface area (TPSA) is 12.5 Å². The van der Waals surface area contributed by atoms with Crippen molar-refractivity contribution in [2.75, 3.05) is 20.1 Å². The van der Waals surface area contributed by atoms with Gasteiger partial charge in [0.15, 0.2) is 0 Å². The molecule has 104 valence electrons. The number of hydrogen-bond donors (Lipinski definition) is 0. The quantitative estimate of drug-likeness (QED) is 0.829. The van der Waals surface area contributed by atoms with Crippen LogP contribution in [-0.2, 0) is 6.42 Å². The van der Waals surface area contributed by atoms with Crippen molar-refractivity contribution in [3.05, 3.63) is 64.7 Å². The molecule has 2 nitrogen and oxygen atoms in total. The minimum absolute atomic E-state index is 0.0529. The molecule has 0 spiro atoms. The van der Waals surface area contributed by atoms with E-state index in [1.807, 2.05) is 24.3 Å². The molecule has 0 bridgehead atoms. The van der Waals surface area contributed by atoms with Crippen LogP contribution >= 0.6 is 11.6 Å². The maximum absolute atomic E-state index is 6.19. The first-order valence-electron chi connectivity index (χ1n) is 6.91. The Labute approximate surface area is 124 Å². The van der Waals surface area contributed by atoms with E-state index in [4.69, 9.17) is 16.3 Å². The summed E-state index contributed by atoms with van der Waals surface area (Å²) >= 11 is 6.03. The molecule has 3 heteroatoms. The molecular weight excluding hydrogens is 270 g/mol. The number of benzene rings is 2. The summed E-state index contributed by atoms with van der Waals surface area (Å²) in [6.45, 7) is 1.95. The van der Waals surface area contributed by atoms with E-state index >= 15 is 0 Å². The van der Waals surface area contributed by atoms with Crippen molar-refractivity contribution >= 4 is 11.6 Å². The standard InChI is InChI=1S/C17H18ClNO/c1-19-10-9-13-5-2-3-8-16(13)17(12-19)20-15-7-4-6-14(18)11-15/h2-8,11,17H,9-10,12H2,1H3. The number of ether oxygens (including phenoxy) is 1. The third-order valence-electron chi connectivity index (χ3n) is 3.72. The van der Waals surface area contributed by atoms with Crippen molar-refractivity contribution in [3.63, 3.8) is 0 Å². The fourth-order valence-electron chi connectivity index (χ4n) is 2.67. The van der Waals surface area contributed by atoms with Crippen molar-refractivity contribution in [3.8, 4) is 5.75 Å². The molecule has 0 N–H and O–H groups in total. The Morgan fingerprint density at radius 2 is 2.00 bits per heavy atom. The number of nitrogens with zero attached hydrogens (tertiary/aromatic N) is 1. The lowest BCUT2D eigenvalue weighted by atomic mass is 10.0. The lowest BCUT2D eigenvalue weighted by Gasteiger charge is -2.23. The summed E-state index contributed by atoms with van der Waals surface area (Å²) < 4.78 is 6.19. The van der Waals surface area contributed by atoms with E-state index in [1.54, 1.807) is 0 Å². The monoisotopic (exact) mass is 287 g/mol. The van der Waals surface area contributed by atoms with Crippen LogP contribution in [0.1, 0.15) is 17.2 Å². The Hall–Kier alpha value is -1.51. The highest BCUT2D eigenvalue weighted by Gasteiger charge is 2.22. The Balaban J connectivity index is 1.90. The second-order valence-electron chi connectivity index (χ2n) is 5.27. The van der Waals surface area contributed by atoms with Crippen LogP contribution in [-0.4, -0.2) is 25.0 Å². The second kappa shape index (κ2) is 5.86. The summed E-state index contributed by atoms with van der Waals surface area (Å²) in [4.78, 5) is 2.31. The van der Waals surface area contributed by atoms with Gasteiger partial charge in [-0.1, -0.05) is 41.9 Å². The fraction of sp³-hybridized carbons (Fsp3) is 0.294. The van der Waals surface area contributed by atoms with Crippen molar-refractivity contribution in [2.24, 2.45) is 0 Å². The van der Waals surface area contributed by atoms with Gasteiger partial charge < -0.3 is 9.64 Å². The predicted molar refractivity (Wildman–Crippen MR) is 82.5 cm³/mol. The molecule has 1 unspecified atom stereocenters. The average molecular weight is 288 g/mol. The molecule has 20 heavy (non-hydrogen) atoms. The minimum atomic E-state index is 0.0529. The molecule has 0 aromatic heterocycles. The van der Waals surface area contributed by atoms with E-state index in [0.29, 0.717) is 5.02 Å². The van der Waals surface area contributed by atoms with Gasteiger partial charge in [-0.2, -0.15) is 0 Å². The summed E-state index contributed by atoms with van der Waals surface area (Å²) in [7, 11) is 2.14. The molecule has 1 heterocycles. The van der Waals surface area contributed by atoms with Crippen LogP contribution in [0.2, 0.25) is 5.02 Å². The van der Waals surface area contributed by atoms with Crippen molar-refractivity contribution in [1.29, 1.82) is 0 Å². The van der Waals surface area contributed by atoms with Gasteiger partial charge in [-0.15, -0.1) is 0 Å². The van der Waals surface area contributed by atoms with E-state index < -0.39 is 0 Å². The minimum Gasteiger partial charge on any atom is -0.484 e. The zero-order valence-corrected chi connectivity index (χ0v) is 12.3. The maximum atomic E-state index is 6.19. The van der Waals surface area contributed by atoms with Crippen LogP contribution < -0.4 is 4.74 Å². The molecule has 0 radical (unpaired) electrons. The van der Waals surface area contributed by atoms with E-state index in [9.17, 15) is 0 Å². The molecular formula is C17H18ClNO. The fourth-order valence-corrected chi connectivity index (χ4v) is 2.85. The molecule has 3 rings (SSSR count). The lowest BCUT2D eigenvalue weighted by Crippen LogP contribution is -2.26. The first-order valence-corrected chi connectivity index (χ1v) is 7.29. The van der Waals surface area contributed by atoms with Crippen LogP contribution in [0.3, 0.4) is 0 Å². The van der Waals surface area contributed by atoms with E-state index in [0.717, 1.165) is 25.3 Å². The predicted octanol–water partition coefficient (Wildman–Crippen LogP) is 3.95. The first kappa shape index (κ1) is 13.5. The number of rotatable bonds is 2. The normalized spacial score (nSPS) is 19.2. The van der Waals surface area contributed by atoms with Crippen LogP contribution in [0.25, 0.3) is 0 Å². The highest BCUT2D eigenvalue weighted by Crippen LogP contribution is 2.29. The Kier molecular flexibility index (Phi) is 3.95. The number of halogens is 1. The summed E-state index contributed by atoms with van der Waals surface area (Å²) in [5.74, 6) is 0.826. The Bertz CT molecular complexity index is 599. The van der Waals surface area contributed by atoms with Crippen LogP contribution in [0.4, 0.5) is 0 Å². The Morgan fingerprint density at radius 3 is 2.85 bits per heavy atom. The van der Waals surface area contributed by atoms with Crippen LogP contribution in [0.5, 0.6) is 5.75 Å². The summed E-state index contributed by atoms with van der Waals surface area (Å²) in [5.41, 5.74) is 2.67. The number of likely N-dealkylation sites (N-methyl/N-ethyl adjacent to an activating group) is 1. The van der Waals surface area contributed by atoms with Gasteiger partial charge in [0.05, 0.1) is 0 Å². The third kappa shape index (κ3) is 2.97. The van der Waals surface area contributed by atoms with Gasteiger partial charge in [-0.05, 0) is 42.8 Å². The van der Waals surface area contributed by atoms with Gasteiger partial charge in [0.1, 0.15) is 11.9 Å². The zero-order chi connectivity index (χ0) is 13.9. The molecule has 0 saturated heterocycles. The van der Waals surface area contributed by atoms with Gasteiger partial charge in [0.25, 0.3) is 0 Å². The van der Waals surface area contributed by atoms with Crippen molar-refractivity contribution in [1.82, 2.24) is 4.90 Å². The summed E-state index contributed by atoms with van der Waals surface area (Å²) in [5, 5.41) is 0.706. The second-order valence-corrected chi connectivity index (χ2v) is 5.71. The SMILES string of the molecule is CN1CCc2ccccc2C(Oc2cccc(Cl)c2)C1. The summed E-state index contributed by atoms with van der Waals surface area (Å²) in [6.07, 6.45) is 1.12. The molecule has 2 aromatic carbocycles. The van der Waals surface area contributed by atoms with Crippen LogP contribution in [0, 0.1) is 0 Å². The van der Waals surface area contributed by atoms with E-state index in [2.05, 4.69) is 36.2 Å². The third-order valence-corrected chi connectivity index (χ3v) is 3.95. The largest absolute Gasteiger partial charge is 0.484 e. The highest BCUT2D eigenvalue weighted by molar-refractivity contribution is 6.30. The Morgan fingerprint density at radius 1 is 1.15 bits per heavy atom. The van der Waals surface area contributed by atoms with Gasteiger partial charge >= 0.3 is 0 Å². The van der Waals surface area contributed by atoms with Crippen LogP contribution in [0.15, 0.2) is 48.5 Å². The van der Waals surface area contributed by atoms with Gasteiger partial charge in [-0.3, -0.25) is 0 Å². The van der Waals surface area contributed by atoms with Gasteiger partial charge in [0, 0.05) is 18.1 Å². The molecule has 0 saturated carbocycles. The smallest absolute Gasteiger partial charge is 0.137 e. The van der Waals surface area contributed by atoms with Gasteiger partial charge in [0.2, 0.25) is 0 Å². The van der Waals surface area contributed by atoms with Crippen molar-refractivity contribution < 1.29 is 4.74 Å².